The molecule has 1 amide bonds. The van der Waals surface area contributed by atoms with E-state index in [1.165, 1.54) is 0 Å². The van der Waals surface area contributed by atoms with Gasteiger partial charge >= 0.3 is 0 Å². The minimum Gasteiger partial charge on any atom is -0.274 e. The third-order valence-electron chi connectivity index (χ3n) is 0.294. The van der Waals surface area contributed by atoms with Crippen molar-refractivity contribution >= 4 is 16.9 Å². The van der Waals surface area contributed by atoms with E-state index in [0.29, 0.717) is 0 Å². The monoisotopic (exact) mass is 140 g/mol. The molecule has 0 aromatic rings. The van der Waals surface area contributed by atoms with Gasteiger partial charge in [0.15, 0.2) is 0 Å². The minimum atomic E-state index is -3.32. The van der Waals surface area contributed by atoms with Crippen LogP contribution in [-0.4, -0.2) is 15.0 Å². The van der Waals surface area contributed by atoms with E-state index in [2.05, 4.69) is 5.14 Å². The lowest BCUT2D eigenvalue weighted by Crippen LogP contribution is -2.29. The van der Waals surface area contributed by atoms with Gasteiger partial charge in [0.25, 0.3) is 0 Å². The van der Waals surface area contributed by atoms with Gasteiger partial charge in [-0.3, -0.25) is 13.9 Å². The minimum absolute atomic E-state index is 0.562. The zero-order valence-electron chi connectivity index (χ0n) is 4.29. The molecule has 0 aliphatic rings. The van der Waals surface area contributed by atoms with Gasteiger partial charge in [-0.2, -0.15) is 0 Å². The average molecular weight is 140 g/mol. The molecule has 50 valence electrons. The Kier molecular flexibility index (Phi) is 2.23. The number of hydrogen-bond donors (Lipinski definition) is 4. The molecule has 0 saturated carbocycles. The van der Waals surface area contributed by atoms with E-state index < -0.39 is 16.9 Å². The second kappa shape index (κ2) is 2.31. The van der Waals surface area contributed by atoms with Gasteiger partial charge < -0.3 is 0 Å². The standard InChI is InChI=1S/C2H8N2O3S/c1-2(5)4-8(3,6)7/h6-7H,3H2,1H3,(H,4,5). The first-order chi connectivity index (χ1) is 3.42. The lowest BCUT2D eigenvalue weighted by Gasteiger charge is -2.25. The Balaban J connectivity index is 3.55. The van der Waals surface area contributed by atoms with Crippen LogP contribution >= 0.6 is 11.0 Å². The predicted molar refractivity (Wildman–Crippen MR) is 30.9 cm³/mol. The Morgan fingerprint density at radius 2 is 2.12 bits per heavy atom. The van der Waals surface area contributed by atoms with Crippen LogP contribution in [0.4, 0.5) is 0 Å². The summed E-state index contributed by atoms with van der Waals surface area (Å²) in [7, 11) is -3.32. The van der Waals surface area contributed by atoms with E-state index >= 15 is 0 Å². The summed E-state index contributed by atoms with van der Waals surface area (Å²) in [5.74, 6) is -0.562. The quantitative estimate of drug-likeness (QED) is 0.400. The molecule has 0 fully saturated rings. The maximum atomic E-state index is 9.97. The molecule has 8 heavy (non-hydrogen) atoms. The first-order valence-corrected chi connectivity index (χ1v) is 3.37. The summed E-state index contributed by atoms with van der Waals surface area (Å²) in [6.07, 6.45) is 0. The third kappa shape index (κ3) is 5.70. The van der Waals surface area contributed by atoms with Crippen LogP contribution in [0.15, 0.2) is 0 Å². The summed E-state index contributed by atoms with van der Waals surface area (Å²) in [5, 5.41) is 4.60. The van der Waals surface area contributed by atoms with Crippen LogP contribution in [0.1, 0.15) is 6.92 Å². The van der Waals surface area contributed by atoms with Crippen LogP contribution in [0.2, 0.25) is 0 Å². The molecule has 0 radical (unpaired) electrons. The molecule has 0 aromatic carbocycles. The lowest BCUT2D eigenvalue weighted by molar-refractivity contribution is -0.117. The van der Waals surface area contributed by atoms with Crippen LogP contribution in [0, 0.1) is 0 Å². The number of carbonyl (C=O) groups excluding carboxylic acids is 1. The molecule has 0 spiro atoms. The molecule has 0 aliphatic heterocycles. The molecule has 0 heterocycles. The Morgan fingerprint density at radius 3 is 2.12 bits per heavy atom. The van der Waals surface area contributed by atoms with Crippen molar-refractivity contribution in [3.63, 3.8) is 0 Å². The van der Waals surface area contributed by atoms with Crippen molar-refractivity contribution in [3.05, 3.63) is 0 Å². The second-order valence-electron chi connectivity index (χ2n) is 1.25. The van der Waals surface area contributed by atoms with Crippen LogP contribution in [0.25, 0.3) is 0 Å². The molecular weight excluding hydrogens is 132 g/mol. The fourth-order valence-corrected chi connectivity index (χ4v) is 0.635. The van der Waals surface area contributed by atoms with Gasteiger partial charge in [0.1, 0.15) is 0 Å². The molecule has 5 nitrogen and oxygen atoms in total. The fraction of sp³-hybridized carbons (Fsp3) is 0.500. The number of rotatable bonds is 1. The van der Waals surface area contributed by atoms with Crippen molar-refractivity contribution in [1.29, 1.82) is 0 Å². The fourth-order valence-electron chi connectivity index (χ4n) is 0.212. The molecule has 0 bridgehead atoms. The first kappa shape index (κ1) is 7.70. The van der Waals surface area contributed by atoms with Crippen molar-refractivity contribution in [3.8, 4) is 0 Å². The van der Waals surface area contributed by atoms with Crippen LogP contribution < -0.4 is 9.86 Å². The van der Waals surface area contributed by atoms with E-state index in [1.807, 2.05) is 0 Å². The van der Waals surface area contributed by atoms with Gasteiger partial charge in [-0.1, -0.05) is 11.0 Å². The Labute approximate surface area is 48.5 Å². The Bertz CT molecular complexity index is 97.9. The van der Waals surface area contributed by atoms with Crippen molar-refractivity contribution in [2.75, 3.05) is 0 Å². The van der Waals surface area contributed by atoms with Gasteiger partial charge in [0.05, 0.1) is 0 Å². The average Bonchev–Trinajstić information content (AvgIpc) is 1.21. The zero-order chi connectivity index (χ0) is 6.78. The third-order valence-corrected chi connectivity index (χ3v) is 0.882. The smallest absolute Gasteiger partial charge is 0.235 e. The second-order valence-corrected chi connectivity index (χ2v) is 2.64. The Morgan fingerprint density at radius 1 is 1.75 bits per heavy atom. The van der Waals surface area contributed by atoms with Gasteiger partial charge in [0, 0.05) is 6.92 Å². The lowest BCUT2D eigenvalue weighted by atomic mass is 10.8. The summed E-state index contributed by atoms with van der Waals surface area (Å²) in [5.41, 5.74) is 0. The molecule has 0 aromatic heterocycles. The predicted octanol–water partition coefficient (Wildman–Crippen LogP) is -0.338. The molecule has 0 atom stereocenters. The summed E-state index contributed by atoms with van der Waals surface area (Å²) in [6, 6.07) is 0. The molecule has 0 aliphatic carbocycles. The maximum Gasteiger partial charge on any atom is 0.235 e. The van der Waals surface area contributed by atoms with E-state index in [4.69, 9.17) is 9.11 Å². The van der Waals surface area contributed by atoms with Crippen molar-refractivity contribution in [2.45, 2.75) is 6.92 Å². The number of nitrogens with one attached hydrogen (secondary N) is 1. The number of amides is 1. The molecule has 6 heteroatoms. The van der Waals surface area contributed by atoms with E-state index in [0.717, 1.165) is 6.92 Å². The summed E-state index contributed by atoms with van der Waals surface area (Å²) in [4.78, 5) is 9.97. The van der Waals surface area contributed by atoms with Crippen LogP contribution in [0.5, 0.6) is 0 Å². The first-order valence-electron chi connectivity index (χ1n) is 1.76. The number of nitrogens with two attached hydrogens (primary N) is 1. The van der Waals surface area contributed by atoms with Gasteiger partial charge in [-0.05, 0) is 0 Å². The van der Waals surface area contributed by atoms with Crippen molar-refractivity contribution in [2.24, 2.45) is 5.14 Å². The van der Waals surface area contributed by atoms with Gasteiger partial charge in [-0.25, -0.2) is 9.86 Å². The SMILES string of the molecule is CC(=O)NS(N)(O)O. The number of hydrogen-bond acceptors (Lipinski definition) is 4. The topological polar surface area (TPSA) is 95.6 Å². The molecule has 0 saturated heterocycles. The summed E-state index contributed by atoms with van der Waals surface area (Å²) in [6.45, 7) is 1.14. The van der Waals surface area contributed by atoms with Crippen LogP contribution in [0.3, 0.4) is 0 Å². The van der Waals surface area contributed by atoms with E-state index in [-0.39, 0.29) is 0 Å². The number of carbonyl (C=O) groups is 1. The highest BCUT2D eigenvalue weighted by Gasteiger charge is 2.02. The highest BCUT2D eigenvalue weighted by atomic mass is 32.3. The van der Waals surface area contributed by atoms with Crippen molar-refractivity contribution in [1.82, 2.24) is 4.72 Å². The largest absolute Gasteiger partial charge is 0.274 e. The van der Waals surface area contributed by atoms with E-state index in [9.17, 15) is 4.79 Å². The highest BCUT2D eigenvalue weighted by Crippen LogP contribution is 2.20. The Hall–Kier alpha value is -0.300. The van der Waals surface area contributed by atoms with Gasteiger partial charge in [0.2, 0.25) is 5.91 Å². The molecule has 5 N–H and O–H groups in total. The van der Waals surface area contributed by atoms with E-state index in [1.54, 1.807) is 4.72 Å². The molecular formula is C2H8N2O3S. The molecule has 0 rings (SSSR count). The van der Waals surface area contributed by atoms with Gasteiger partial charge in [-0.15, -0.1) is 0 Å². The van der Waals surface area contributed by atoms with Crippen LogP contribution in [-0.2, 0) is 4.79 Å². The highest BCUT2D eigenvalue weighted by molar-refractivity contribution is 8.21. The zero-order valence-corrected chi connectivity index (χ0v) is 5.10. The molecule has 0 unspecified atom stereocenters. The van der Waals surface area contributed by atoms with Crippen molar-refractivity contribution < 1.29 is 13.9 Å². The summed E-state index contributed by atoms with van der Waals surface area (Å²) >= 11 is 0. The summed E-state index contributed by atoms with van der Waals surface area (Å²) < 4.78 is 18.3. The maximum absolute atomic E-state index is 9.97. The normalized spacial score (nSPS) is 13.0.